The predicted octanol–water partition coefficient (Wildman–Crippen LogP) is 2.89. The number of sulfonamides is 1. The summed E-state index contributed by atoms with van der Waals surface area (Å²) in [6.07, 6.45) is -4.62. The van der Waals surface area contributed by atoms with Gasteiger partial charge in [0.2, 0.25) is 15.9 Å². The lowest BCUT2D eigenvalue weighted by Crippen LogP contribution is -2.51. The molecule has 1 fully saturated rings. The maximum absolute atomic E-state index is 12.9. The van der Waals surface area contributed by atoms with Gasteiger partial charge in [0.1, 0.15) is 0 Å². The van der Waals surface area contributed by atoms with Gasteiger partial charge in [0, 0.05) is 26.2 Å². The Kier molecular flexibility index (Phi) is 7.03. The van der Waals surface area contributed by atoms with Gasteiger partial charge in [-0.05, 0) is 30.7 Å². The minimum atomic E-state index is -4.62. The Bertz CT molecular complexity index is 1010. The second-order valence-corrected chi connectivity index (χ2v) is 9.34. The molecule has 1 amide bonds. The van der Waals surface area contributed by atoms with Gasteiger partial charge in [-0.15, -0.1) is 0 Å². The Balaban J connectivity index is 1.56. The summed E-state index contributed by atoms with van der Waals surface area (Å²) in [6.45, 7) is 2.82. The highest BCUT2D eigenvalue weighted by Gasteiger charge is 2.34. The van der Waals surface area contributed by atoms with E-state index < -0.39 is 21.8 Å². The Labute approximate surface area is 179 Å². The van der Waals surface area contributed by atoms with Crippen molar-refractivity contribution in [3.63, 3.8) is 0 Å². The lowest BCUT2D eigenvalue weighted by Gasteiger charge is -2.33. The van der Waals surface area contributed by atoms with Gasteiger partial charge in [0.05, 0.1) is 23.0 Å². The van der Waals surface area contributed by atoms with Gasteiger partial charge >= 0.3 is 6.18 Å². The van der Waals surface area contributed by atoms with Crippen LogP contribution in [0.2, 0.25) is 0 Å². The van der Waals surface area contributed by atoms with Crippen LogP contribution < -0.4 is 5.32 Å². The van der Waals surface area contributed by atoms with Crippen molar-refractivity contribution >= 4 is 15.9 Å². The van der Waals surface area contributed by atoms with Crippen molar-refractivity contribution in [2.24, 2.45) is 0 Å². The predicted molar refractivity (Wildman–Crippen MR) is 110 cm³/mol. The molecule has 0 radical (unpaired) electrons. The van der Waals surface area contributed by atoms with E-state index in [2.05, 4.69) is 5.32 Å². The molecule has 10 heteroatoms. The van der Waals surface area contributed by atoms with Gasteiger partial charge in [-0.1, -0.05) is 36.4 Å². The van der Waals surface area contributed by atoms with Crippen LogP contribution >= 0.6 is 0 Å². The van der Waals surface area contributed by atoms with E-state index in [9.17, 15) is 26.4 Å². The number of halogens is 3. The third kappa shape index (κ3) is 5.84. The first-order chi connectivity index (χ1) is 14.6. The van der Waals surface area contributed by atoms with E-state index in [4.69, 9.17) is 0 Å². The average Bonchev–Trinajstić information content (AvgIpc) is 2.74. The highest BCUT2D eigenvalue weighted by Crippen LogP contribution is 2.31. The zero-order valence-electron chi connectivity index (χ0n) is 17.0. The average molecular weight is 456 g/mol. The summed E-state index contributed by atoms with van der Waals surface area (Å²) in [7, 11) is -4.05. The van der Waals surface area contributed by atoms with Gasteiger partial charge in [0.25, 0.3) is 0 Å². The van der Waals surface area contributed by atoms with Crippen molar-refractivity contribution in [3.8, 4) is 0 Å². The van der Waals surface area contributed by atoms with Gasteiger partial charge in [0.15, 0.2) is 0 Å². The van der Waals surface area contributed by atoms with Crippen LogP contribution in [0.3, 0.4) is 0 Å². The molecule has 6 nitrogen and oxygen atoms in total. The topological polar surface area (TPSA) is 69.7 Å². The largest absolute Gasteiger partial charge is 0.416 e. The van der Waals surface area contributed by atoms with E-state index >= 15 is 0 Å². The van der Waals surface area contributed by atoms with Crippen LogP contribution in [-0.4, -0.2) is 56.3 Å². The maximum Gasteiger partial charge on any atom is 0.416 e. The van der Waals surface area contributed by atoms with Crippen LogP contribution in [0.5, 0.6) is 0 Å². The number of hydrogen-bond donors (Lipinski definition) is 1. The summed E-state index contributed by atoms with van der Waals surface area (Å²) in [4.78, 5) is 13.8. The second kappa shape index (κ2) is 9.37. The third-order valence-corrected chi connectivity index (χ3v) is 7.07. The molecule has 0 saturated carbocycles. The molecule has 1 atom stereocenters. The Morgan fingerprint density at radius 1 is 1.03 bits per heavy atom. The number of nitrogens with one attached hydrogen (secondary N) is 1. The van der Waals surface area contributed by atoms with E-state index in [1.165, 1.54) is 0 Å². The van der Waals surface area contributed by atoms with E-state index in [1.807, 2.05) is 42.2 Å². The van der Waals surface area contributed by atoms with E-state index in [-0.39, 0.29) is 36.5 Å². The van der Waals surface area contributed by atoms with Crippen LogP contribution in [0, 0.1) is 0 Å². The quantitative estimate of drug-likeness (QED) is 0.727. The van der Waals surface area contributed by atoms with Crippen LogP contribution in [-0.2, 0) is 21.0 Å². The van der Waals surface area contributed by atoms with Crippen molar-refractivity contribution in [1.29, 1.82) is 0 Å². The molecule has 0 aliphatic carbocycles. The number of nitrogens with zero attached hydrogens (tertiary/aromatic N) is 2. The van der Waals surface area contributed by atoms with Crippen molar-refractivity contribution < 1.29 is 26.4 Å². The molecule has 0 bridgehead atoms. The van der Waals surface area contributed by atoms with Gasteiger partial charge in [-0.2, -0.15) is 17.5 Å². The molecule has 1 N–H and O–H groups in total. The minimum Gasteiger partial charge on any atom is -0.348 e. The molecular weight excluding hydrogens is 431 g/mol. The molecule has 168 valence electrons. The SMILES string of the molecule is C[C@H](NC(=O)CN1CCN(S(=O)(=O)c2cccc(C(F)(F)F)c2)CC1)c1ccccc1. The third-order valence-electron chi connectivity index (χ3n) is 5.17. The van der Waals surface area contributed by atoms with Gasteiger partial charge in [-0.25, -0.2) is 8.42 Å². The number of carbonyl (C=O) groups is 1. The molecule has 1 saturated heterocycles. The Morgan fingerprint density at radius 2 is 1.68 bits per heavy atom. The summed E-state index contributed by atoms with van der Waals surface area (Å²) >= 11 is 0. The molecule has 3 rings (SSSR count). The summed E-state index contributed by atoms with van der Waals surface area (Å²) < 4.78 is 65.4. The van der Waals surface area contributed by atoms with Crippen LogP contribution in [0.4, 0.5) is 13.2 Å². The first-order valence-corrected chi connectivity index (χ1v) is 11.3. The number of alkyl halides is 3. The molecule has 2 aromatic rings. The fraction of sp³-hybridized carbons (Fsp3) is 0.381. The zero-order valence-corrected chi connectivity index (χ0v) is 17.8. The first-order valence-electron chi connectivity index (χ1n) is 9.81. The molecule has 31 heavy (non-hydrogen) atoms. The molecule has 0 unspecified atom stereocenters. The molecular formula is C21H24F3N3O3S. The summed E-state index contributed by atoms with van der Waals surface area (Å²) in [5.41, 5.74) is -0.0238. The number of rotatable bonds is 6. The van der Waals surface area contributed by atoms with Crippen molar-refractivity contribution in [2.75, 3.05) is 32.7 Å². The summed E-state index contributed by atoms with van der Waals surface area (Å²) in [5.74, 6) is -0.175. The van der Waals surface area contributed by atoms with Gasteiger partial charge in [-0.3, -0.25) is 9.69 Å². The summed E-state index contributed by atoms with van der Waals surface area (Å²) in [6, 6.07) is 13.1. The van der Waals surface area contributed by atoms with Crippen molar-refractivity contribution in [1.82, 2.24) is 14.5 Å². The zero-order chi connectivity index (χ0) is 22.6. The molecule has 2 aromatic carbocycles. The molecule has 0 spiro atoms. The number of piperazine rings is 1. The minimum absolute atomic E-state index is 0.0973. The second-order valence-electron chi connectivity index (χ2n) is 7.41. The lowest BCUT2D eigenvalue weighted by molar-refractivity contribution is -0.137. The van der Waals surface area contributed by atoms with Crippen molar-refractivity contribution in [2.45, 2.75) is 24.0 Å². The van der Waals surface area contributed by atoms with E-state index in [0.29, 0.717) is 19.2 Å². The van der Waals surface area contributed by atoms with Gasteiger partial charge < -0.3 is 5.32 Å². The van der Waals surface area contributed by atoms with Crippen LogP contribution in [0.25, 0.3) is 0 Å². The molecule has 0 aromatic heterocycles. The number of amides is 1. The summed E-state index contributed by atoms with van der Waals surface area (Å²) in [5, 5.41) is 2.91. The Morgan fingerprint density at radius 3 is 2.29 bits per heavy atom. The lowest BCUT2D eigenvalue weighted by atomic mass is 10.1. The Hall–Kier alpha value is -2.43. The number of benzene rings is 2. The van der Waals surface area contributed by atoms with E-state index in [0.717, 1.165) is 28.1 Å². The maximum atomic E-state index is 12.9. The van der Waals surface area contributed by atoms with Crippen molar-refractivity contribution in [3.05, 3.63) is 65.7 Å². The highest BCUT2D eigenvalue weighted by molar-refractivity contribution is 7.89. The van der Waals surface area contributed by atoms with Crippen LogP contribution in [0.1, 0.15) is 24.1 Å². The molecule has 1 aliphatic rings. The normalized spacial score (nSPS) is 17.3. The molecule has 1 heterocycles. The first kappa shape index (κ1) is 23.2. The monoisotopic (exact) mass is 455 g/mol. The highest BCUT2D eigenvalue weighted by atomic mass is 32.2. The van der Waals surface area contributed by atoms with E-state index in [1.54, 1.807) is 0 Å². The number of carbonyl (C=O) groups excluding carboxylic acids is 1. The standard InChI is InChI=1S/C21H24F3N3O3S/c1-16(17-6-3-2-4-7-17)25-20(28)15-26-10-12-27(13-11-26)31(29,30)19-9-5-8-18(14-19)21(22,23)24/h2-9,14,16H,10-13,15H2,1H3,(H,25,28)/t16-/m0/s1. The van der Waals surface area contributed by atoms with Crippen LogP contribution in [0.15, 0.2) is 59.5 Å². The fourth-order valence-electron chi connectivity index (χ4n) is 3.43. The smallest absolute Gasteiger partial charge is 0.348 e. The molecule has 1 aliphatic heterocycles. The fourth-order valence-corrected chi connectivity index (χ4v) is 4.89. The number of hydrogen-bond acceptors (Lipinski definition) is 4.